The van der Waals surface area contributed by atoms with Crippen molar-refractivity contribution < 1.29 is 9.53 Å². The topological polar surface area (TPSA) is 26.3 Å². The van der Waals surface area contributed by atoms with Gasteiger partial charge in [-0.15, -0.1) is 6.58 Å². The standard InChI is InChI=1S/C15H20O2/c1-6-15(5)8-13-11(7-12(15)9(2)3)10(4)14(16)17-13/h6,11-13H,1-2,4,7-8H2,3,5H3/t11-,12+,13-,15-/m1/s1. The number of hydrogen-bond acceptors (Lipinski definition) is 2. The second kappa shape index (κ2) is 3.86. The molecule has 0 aromatic carbocycles. The molecule has 2 heteroatoms. The molecule has 1 aliphatic carbocycles. The van der Waals surface area contributed by atoms with Crippen molar-refractivity contribution in [3.05, 3.63) is 37.0 Å². The zero-order chi connectivity index (χ0) is 12.8. The molecule has 17 heavy (non-hydrogen) atoms. The van der Waals surface area contributed by atoms with Gasteiger partial charge in [-0.25, -0.2) is 4.79 Å². The van der Waals surface area contributed by atoms with Gasteiger partial charge in [0.05, 0.1) is 0 Å². The smallest absolute Gasteiger partial charge is 0.334 e. The molecule has 0 bridgehead atoms. The highest BCUT2D eigenvalue weighted by atomic mass is 16.6. The van der Waals surface area contributed by atoms with Crippen LogP contribution in [-0.4, -0.2) is 12.1 Å². The van der Waals surface area contributed by atoms with Crippen molar-refractivity contribution in [1.29, 1.82) is 0 Å². The van der Waals surface area contributed by atoms with Crippen LogP contribution in [0.1, 0.15) is 26.7 Å². The molecular formula is C15H20O2. The van der Waals surface area contributed by atoms with E-state index in [1.165, 1.54) is 0 Å². The van der Waals surface area contributed by atoms with Crippen LogP contribution in [0.2, 0.25) is 0 Å². The van der Waals surface area contributed by atoms with Crippen molar-refractivity contribution in [2.24, 2.45) is 17.3 Å². The minimum absolute atomic E-state index is 0.0198. The van der Waals surface area contributed by atoms with Crippen molar-refractivity contribution in [1.82, 2.24) is 0 Å². The van der Waals surface area contributed by atoms with Crippen LogP contribution in [0.5, 0.6) is 0 Å². The lowest BCUT2D eigenvalue weighted by molar-refractivity contribution is -0.141. The summed E-state index contributed by atoms with van der Waals surface area (Å²) in [5, 5.41) is 0. The first-order valence-electron chi connectivity index (χ1n) is 6.08. The molecule has 0 aromatic heterocycles. The van der Waals surface area contributed by atoms with Gasteiger partial charge in [0, 0.05) is 11.5 Å². The number of allylic oxidation sites excluding steroid dienone is 2. The monoisotopic (exact) mass is 232 g/mol. The average Bonchev–Trinajstić information content (AvgIpc) is 2.53. The predicted octanol–water partition coefficient (Wildman–Crippen LogP) is 3.26. The van der Waals surface area contributed by atoms with Gasteiger partial charge in [0.25, 0.3) is 0 Å². The Balaban J connectivity index is 2.32. The molecule has 0 spiro atoms. The molecule has 0 radical (unpaired) electrons. The van der Waals surface area contributed by atoms with Crippen molar-refractivity contribution in [2.45, 2.75) is 32.8 Å². The van der Waals surface area contributed by atoms with E-state index in [1.807, 2.05) is 13.0 Å². The fourth-order valence-electron chi connectivity index (χ4n) is 3.24. The summed E-state index contributed by atoms with van der Waals surface area (Å²) in [6.45, 7) is 16.1. The van der Waals surface area contributed by atoms with Crippen LogP contribution in [0.25, 0.3) is 0 Å². The maximum Gasteiger partial charge on any atom is 0.334 e. The quantitative estimate of drug-likeness (QED) is 0.415. The molecule has 1 saturated carbocycles. The van der Waals surface area contributed by atoms with E-state index in [-0.39, 0.29) is 23.4 Å². The minimum Gasteiger partial charge on any atom is -0.458 e. The number of fused-ring (bicyclic) bond motifs is 1. The molecule has 92 valence electrons. The van der Waals surface area contributed by atoms with Crippen LogP contribution >= 0.6 is 0 Å². The van der Waals surface area contributed by atoms with E-state index in [1.54, 1.807) is 0 Å². The van der Waals surface area contributed by atoms with E-state index in [4.69, 9.17) is 4.74 Å². The van der Waals surface area contributed by atoms with Gasteiger partial charge in [0.15, 0.2) is 0 Å². The Morgan fingerprint density at radius 3 is 2.76 bits per heavy atom. The van der Waals surface area contributed by atoms with E-state index in [0.29, 0.717) is 11.5 Å². The molecule has 1 saturated heterocycles. The molecule has 2 aliphatic rings. The minimum atomic E-state index is -0.228. The molecule has 2 nitrogen and oxygen atoms in total. The van der Waals surface area contributed by atoms with Crippen LogP contribution in [0.15, 0.2) is 37.0 Å². The van der Waals surface area contributed by atoms with E-state index >= 15 is 0 Å². The number of carbonyl (C=O) groups excluding carboxylic acids is 1. The van der Waals surface area contributed by atoms with Gasteiger partial charge in [-0.1, -0.05) is 31.7 Å². The largest absolute Gasteiger partial charge is 0.458 e. The Morgan fingerprint density at radius 2 is 2.24 bits per heavy atom. The van der Waals surface area contributed by atoms with Gasteiger partial charge in [-0.3, -0.25) is 0 Å². The normalized spacial score (nSPS) is 40.7. The fraction of sp³-hybridized carbons (Fsp3) is 0.533. The highest BCUT2D eigenvalue weighted by Crippen LogP contribution is 2.51. The first kappa shape index (κ1) is 12.2. The van der Waals surface area contributed by atoms with Crippen LogP contribution in [0.4, 0.5) is 0 Å². The number of rotatable bonds is 2. The van der Waals surface area contributed by atoms with Gasteiger partial charge in [-0.2, -0.15) is 0 Å². The highest BCUT2D eigenvalue weighted by molar-refractivity contribution is 5.90. The maximum absolute atomic E-state index is 11.5. The third kappa shape index (κ3) is 1.76. The molecule has 1 aliphatic heterocycles. The lowest BCUT2D eigenvalue weighted by Crippen LogP contribution is -2.40. The number of carbonyl (C=O) groups is 1. The van der Waals surface area contributed by atoms with E-state index in [0.717, 1.165) is 18.4 Å². The van der Waals surface area contributed by atoms with Gasteiger partial charge >= 0.3 is 5.97 Å². The summed E-state index contributed by atoms with van der Waals surface area (Å²) in [6.07, 6.45) is 3.68. The summed E-state index contributed by atoms with van der Waals surface area (Å²) >= 11 is 0. The molecule has 2 rings (SSSR count). The first-order chi connectivity index (χ1) is 7.89. The Kier molecular flexibility index (Phi) is 2.76. The Morgan fingerprint density at radius 1 is 1.59 bits per heavy atom. The average molecular weight is 232 g/mol. The molecule has 0 amide bonds. The van der Waals surface area contributed by atoms with Crippen LogP contribution in [0.3, 0.4) is 0 Å². The second-order valence-electron chi connectivity index (χ2n) is 5.62. The van der Waals surface area contributed by atoms with Gasteiger partial charge in [0.2, 0.25) is 0 Å². The van der Waals surface area contributed by atoms with Gasteiger partial charge < -0.3 is 4.74 Å². The van der Waals surface area contributed by atoms with Crippen molar-refractivity contribution >= 4 is 5.97 Å². The number of ether oxygens (including phenoxy) is 1. The van der Waals surface area contributed by atoms with E-state index < -0.39 is 0 Å². The maximum atomic E-state index is 11.5. The van der Waals surface area contributed by atoms with Crippen LogP contribution in [0, 0.1) is 17.3 Å². The number of hydrogen-bond donors (Lipinski definition) is 0. The van der Waals surface area contributed by atoms with Crippen molar-refractivity contribution in [3.63, 3.8) is 0 Å². The molecular weight excluding hydrogens is 212 g/mol. The Labute approximate surface area is 103 Å². The third-order valence-corrected chi connectivity index (χ3v) is 4.40. The molecule has 1 heterocycles. The summed E-state index contributed by atoms with van der Waals surface area (Å²) in [6, 6.07) is 0. The van der Waals surface area contributed by atoms with Gasteiger partial charge in [-0.05, 0) is 31.1 Å². The lowest BCUT2D eigenvalue weighted by atomic mass is 9.61. The molecule has 4 atom stereocenters. The zero-order valence-corrected chi connectivity index (χ0v) is 10.7. The summed E-state index contributed by atoms with van der Waals surface area (Å²) in [5.41, 5.74) is 1.75. The van der Waals surface area contributed by atoms with Crippen LogP contribution in [-0.2, 0) is 9.53 Å². The molecule has 0 N–H and O–H groups in total. The molecule has 0 aromatic rings. The summed E-state index contributed by atoms with van der Waals surface area (Å²) < 4.78 is 5.39. The first-order valence-corrected chi connectivity index (χ1v) is 6.08. The summed E-state index contributed by atoms with van der Waals surface area (Å²) in [5.74, 6) is 0.290. The highest BCUT2D eigenvalue weighted by Gasteiger charge is 2.50. The second-order valence-corrected chi connectivity index (χ2v) is 5.62. The van der Waals surface area contributed by atoms with E-state index in [9.17, 15) is 4.79 Å². The van der Waals surface area contributed by atoms with Crippen LogP contribution < -0.4 is 0 Å². The molecule has 2 fully saturated rings. The predicted molar refractivity (Wildman–Crippen MR) is 68.4 cm³/mol. The number of esters is 1. The Bertz CT molecular complexity index is 407. The summed E-state index contributed by atoms with van der Waals surface area (Å²) in [4.78, 5) is 11.5. The SMILES string of the molecule is C=C[C@]1(C)C[C@H]2OC(=O)C(=C)[C@H]2C[C@H]1C(=C)C. The van der Waals surface area contributed by atoms with Gasteiger partial charge in [0.1, 0.15) is 6.10 Å². The van der Waals surface area contributed by atoms with Crippen molar-refractivity contribution in [3.8, 4) is 0 Å². The van der Waals surface area contributed by atoms with Crippen molar-refractivity contribution in [2.75, 3.05) is 0 Å². The Hall–Kier alpha value is -1.31. The zero-order valence-electron chi connectivity index (χ0n) is 10.7. The molecule has 0 unspecified atom stereocenters. The fourth-order valence-corrected chi connectivity index (χ4v) is 3.24. The summed E-state index contributed by atoms with van der Waals surface area (Å²) in [7, 11) is 0. The lowest BCUT2D eigenvalue weighted by Gasteiger charge is -2.44. The van der Waals surface area contributed by atoms with E-state index in [2.05, 4.69) is 26.7 Å². The third-order valence-electron chi connectivity index (χ3n) is 4.40.